The van der Waals surface area contributed by atoms with Gasteiger partial charge < -0.3 is 0 Å². The second-order valence-corrected chi connectivity index (χ2v) is 5.98. The predicted molar refractivity (Wildman–Crippen MR) is 73.8 cm³/mol. The summed E-state index contributed by atoms with van der Waals surface area (Å²) >= 11 is 7.37. The van der Waals surface area contributed by atoms with Crippen LogP contribution in [-0.2, 0) is 11.3 Å². The van der Waals surface area contributed by atoms with E-state index in [-0.39, 0.29) is 0 Å². The zero-order chi connectivity index (χ0) is 13.6. The fraction of sp³-hybridized carbons (Fsp3) is 0.154. The number of carbonyl (C=O) groups excluding carboxylic acids is 2. The molecule has 96 valence electrons. The van der Waals surface area contributed by atoms with Gasteiger partial charge in [-0.15, -0.1) is 11.3 Å². The Hall–Kier alpha value is -1.72. The standard InChI is InChI=1S/C13H9ClN2O2S/c1-7-15-5-9(19-7)6-16-11-3-2-8(14)4-10(11)12(17)13(16)18/h2-5H,6H2,1H3. The third-order valence-electron chi connectivity index (χ3n) is 2.92. The van der Waals surface area contributed by atoms with E-state index in [2.05, 4.69) is 4.98 Å². The second-order valence-electron chi connectivity index (χ2n) is 4.23. The topological polar surface area (TPSA) is 50.3 Å². The Labute approximate surface area is 118 Å². The summed E-state index contributed by atoms with van der Waals surface area (Å²) in [5.74, 6) is -1.01. The highest BCUT2D eigenvalue weighted by Gasteiger charge is 2.36. The Morgan fingerprint density at radius 3 is 2.84 bits per heavy atom. The van der Waals surface area contributed by atoms with Crippen molar-refractivity contribution in [3.05, 3.63) is 44.9 Å². The number of carbonyl (C=O) groups is 2. The minimum absolute atomic E-state index is 0.366. The maximum atomic E-state index is 12.0. The van der Waals surface area contributed by atoms with Crippen LogP contribution in [0, 0.1) is 6.92 Å². The molecule has 1 aliphatic heterocycles. The van der Waals surface area contributed by atoms with Gasteiger partial charge in [0, 0.05) is 16.1 Å². The number of hydrogen-bond donors (Lipinski definition) is 0. The van der Waals surface area contributed by atoms with Crippen LogP contribution in [-0.4, -0.2) is 16.7 Å². The number of benzene rings is 1. The normalized spacial score (nSPS) is 14.1. The quantitative estimate of drug-likeness (QED) is 0.800. The third kappa shape index (κ3) is 2.05. The highest BCUT2D eigenvalue weighted by Crippen LogP contribution is 2.32. The van der Waals surface area contributed by atoms with E-state index < -0.39 is 11.7 Å². The summed E-state index contributed by atoms with van der Waals surface area (Å²) in [5, 5.41) is 1.39. The Kier molecular flexibility index (Phi) is 2.88. The van der Waals surface area contributed by atoms with Crippen LogP contribution < -0.4 is 4.90 Å². The molecule has 2 aromatic rings. The van der Waals surface area contributed by atoms with Crippen LogP contribution in [0.2, 0.25) is 5.02 Å². The maximum Gasteiger partial charge on any atom is 0.299 e. The molecule has 0 saturated carbocycles. The van der Waals surface area contributed by atoms with Crippen molar-refractivity contribution in [2.24, 2.45) is 0 Å². The molecule has 0 atom stereocenters. The average molecular weight is 293 g/mol. The van der Waals surface area contributed by atoms with Gasteiger partial charge in [0.15, 0.2) is 0 Å². The highest BCUT2D eigenvalue weighted by atomic mass is 35.5. The summed E-state index contributed by atoms with van der Waals surface area (Å²) in [6.45, 7) is 2.27. The van der Waals surface area contributed by atoms with Gasteiger partial charge in [0.2, 0.25) is 0 Å². The van der Waals surface area contributed by atoms with Gasteiger partial charge in [-0.25, -0.2) is 4.98 Å². The molecule has 0 N–H and O–H groups in total. The molecule has 3 rings (SSSR count). The van der Waals surface area contributed by atoms with Crippen molar-refractivity contribution in [3.8, 4) is 0 Å². The number of nitrogens with zero attached hydrogens (tertiary/aromatic N) is 2. The summed E-state index contributed by atoms with van der Waals surface area (Å²) in [6.07, 6.45) is 1.73. The lowest BCUT2D eigenvalue weighted by molar-refractivity contribution is -0.114. The Balaban J connectivity index is 1.99. The van der Waals surface area contributed by atoms with Crippen molar-refractivity contribution >= 4 is 40.3 Å². The number of amides is 1. The molecule has 4 nitrogen and oxygen atoms in total. The van der Waals surface area contributed by atoms with E-state index in [4.69, 9.17) is 11.6 Å². The summed E-state index contributed by atoms with van der Waals surface area (Å²) in [4.78, 5) is 30.5. The van der Waals surface area contributed by atoms with E-state index in [0.717, 1.165) is 9.88 Å². The van der Waals surface area contributed by atoms with E-state index in [0.29, 0.717) is 22.8 Å². The fourth-order valence-corrected chi connectivity index (χ4v) is 3.02. The molecular weight excluding hydrogens is 284 g/mol. The lowest BCUT2D eigenvalue weighted by atomic mass is 10.1. The number of thiazole rings is 1. The van der Waals surface area contributed by atoms with Gasteiger partial charge in [-0.1, -0.05) is 11.6 Å². The van der Waals surface area contributed by atoms with Crippen LogP contribution in [0.15, 0.2) is 24.4 Å². The van der Waals surface area contributed by atoms with Gasteiger partial charge in [-0.3, -0.25) is 14.5 Å². The van der Waals surface area contributed by atoms with Crippen LogP contribution in [0.4, 0.5) is 5.69 Å². The highest BCUT2D eigenvalue weighted by molar-refractivity contribution is 7.11. The van der Waals surface area contributed by atoms with Crippen LogP contribution >= 0.6 is 22.9 Å². The monoisotopic (exact) mass is 292 g/mol. The predicted octanol–water partition coefficient (Wildman–Crippen LogP) is 2.83. The van der Waals surface area contributed by atoms with Crippen LogP contribution in [0.1, 0.15) is 20.2 Å². The molecule has 0 fully saturated rings. The first-order chi connectivity index (χ1) is 9.06. The van der Waals surface area contributed by atoms with Crippen molar-refractivity contribution in [2.75, 3.05) is 4.90 Å². The van der Waals surface area contributed by atoms with Crippen molar-refractivity contribution in [2.45, 2.75) is 13.5 Å². The van der Waals surface area contributed by atoms with E-state index in [1.54, 1.807) is 18.3 Å². The first-order valence-electron chi connectivity index (χ1n) is 5.63. The van der Waals surface area contributed by atoms with Crippen LogP contribution in [0.25, 0.3) is 0 Å². The number of hydrogen-bond acceptors (Lipinski definition) is 4. The molecule has 1 aliphatic rings. The van der Waals surface area contributed by atoms with Gasteiger partial charge in [0.25, 0.3) is 11.7 Å². The number of aromatic nitrogens is 1. The Bertz CT molecular complexity index is 696. The molecule has 0 spiro atoms. The molecule has 1 aromatic carbocycles. The molecule has 19 heavy (non-hydrogen) atoms. The summed E-state index contributed by atoms with van der Waals surface area (Å²) in [6, 6.07) is 4.92. The molecule has 0 radical (unpaired) electrons. The smallest absolute Gasteiger partial charge is 0.299 e. The average Bonchev–Trinajstić information content (AvgIpc) is 2.88. The number of halogens is 1. The number of Topliss-reactive ketones (excluding diaryl/α,β-unsaturated/α-hetero) is 1. The van der Waals surface area contributed by atoms with Crippen molar-refractivity contribution in [1.29, 1.82) is 0 Å². The second kappa shape index (κ2) is 4.43. The molecule has 2 heterocycles. The van der Waals surface area contributed by atoms with E-state index >= 15 is 0 Å². The number of ketones is 1. The summed E-state index contributed by atoms with van der Waals surface area (Å²) < 4.78 is 0. The largest absolute Gasteiger partial charge is 0.299 e. The van der Waals surface area contributed by atoms with Gasteiger partial charge in [-0.05, 0) is 25.1 Å². The Morgan fingerprint density at radius 1 is 1.37 bits per heavy atom. The first kappa shape index (κ1) is 12.3. The van der Waals surface area contributed by atoms with Crippen LogP contribution in [0.5, 0.6) is 0 Å². The molecule has 1 aromatic heterocycles. The molecule has 0 unspecified atom stereocenters. The summed E-state index contributed by atoms with van der Waals surface area (Å²) in [7, 11) is 0. The summed E-state index contributed by atoms with van der Waals surface area (Å²) in [5.41, 5.74) is 0.990. The molecule has 1 amide bonds. The van der Waals surface area contributed by atoms with Crippen molar-refractivity contribution in [3.63, 3.8) is 0 Å². The van der Waals surface area contributed by atoms with E-state index in [1.807, 2.05) is 6.92 Å². The molecule has 0 bridgehead atoms. The minimum Gasteiger partial charge on any atom is -0.299 e. The van der Waals surface area contributed by atoms with Gasteiger partial charge in [0.05, 0.1) is 22.8 Å². The fourth-order valence-electron chi connectivity index (χ4n) is 2.06. The number of aryl methyl sites for hydroxylation is 1. The first-order valence-corrected chi connectivity index (χ1v) is 6.83. The third-order valence-corrected chi connectivity index (χ3v) is 4.05. The SMILES string of the molecule is Cc1ncc(CN2C(=O)C(=O)c3cc(Cl)ccc32)s1. The lowest BCUT2D eigenvalue weighted by Gasteiger charge is -2.14. The Morgan fingerprint density at radius 2 is 2.16 bits per heavy atom. The molecular formula is C13H9ClN2O2S. The van der Waals surface area contributed by atoms with Crippen molar-refractivity contribution < 1.29 is 9.59 Å². The van der Waals surface area contributed by atoms with Crippen LogP contribution in [0.3, 0.4) is 0 Å². The van der Waals surface area contributed by atoms with E-state index in [1.165, 1.54) is 22.3 Å². The zero-order valence-electron chi connectivity index (χ0n) is 10.0. The maximum absolute atomic E-state index is 12.0. The van der Waals surface area contributed by atoms with Gasteiger partial charge >= 0.3 is 0 Å². The molecule has 0 aliphatic carbocycles. The number of rotatable bonds is 2. The number of fused-ring (bicyclic) bond motifs is 1. The van der Waals surface area contributed by atoms with E-state index in [9.17, 15) is 9.59 Å². The van der Waals surface area contributed by atoms with Gasteiger partial charge in [0.1, 0.15) is 0 Å². The van der Waals surface area contributed by atoms with Crippen molar-refractivity contribution in [1.82, 2.24) is 4.98 Å². The number of anilines is 1. The van der Waals surface area contributed by atoms with Gasteiger partial charge in [-0.2, -0.15) is 0 Å². The zero-order valence-corrected chi connectivity index (χ0v) is 11.6. The lowest BCUT2D eigenvalue weighted by Crippen LogP contribution is -2.28. The molecule has 6 heteroatoms. The molecule has 0 saturated heterocycles. The minimum atomic E-state index is -0.511.